The first-order valence-corrected chi connectivity index (χ1v) is 8.10. The highest BCUT2D eigenvalue weighted by atomic mass is 19.4. The van der Waals surface area contributed by atoms with Gasteiger partial charge in [-0.05, 0) is 55.2 Å². The molecule has 2 aromatic carbocycles. The first-order chi connectivity index (χ1) is 12.2. The van der Waals surface area contributed by atoms with E-state index in [1.54, 1.807) is 24.3 Å². The molecule has 1 N–H and O–H groups in total. The highest BCUT2D eigenvalue weighted by Gasteiger charge is 2.29. The number of phenolic OH excluding ortho intramolecular Hbond substituents is 1. The molecule has 0 heterocycles. The second-order valence-electron chi connectivity index (χ2n) is 6.13. The third-order valence-electron chi connectivity index (χ3n) is 3.94. The lowest BCUT2D eigenvalue weighted by atomic mass is 10.0. The minimum Gasteiger partial charge on any atom is -0.508 e. The number of phenols is 1. The minimum absolute atomic E-state index is 0.123. The summed E-state index contributed by atoms with van der Waals surface area (Å²) in [6.45, 7) is 5.77. The van der Waals surface area contributed by atoms with Crippen molar-refractivity contribution in [3.8, 4) is 11.5 Å². The molecule has 5 heteroatoms. The Hall–Kier alpha value is -2.69. The van der Waals surface area contributed by atoms with Gasteiger partial charge in [-0.2, -0.15) is 13.2 Å². The topological polar surface area (TPSA) is 29.5 Å². The van der Waals surface area contributed by atoms with Crippen molar-refractivity contribution in [2.45, 2.75) is 25.9 Å². The summed E-state index contributed by atoms with van der Waals surface area (Å²) in [5.41, 5.74) is 2.36. The smallest absolute Gasteiger partial charge is 0.416 e. The third-order valence-corrected chi connectivity index (χ3v) is 3.94. The van der Waals surface area contributed by atoms with Gasteiger partial charge >= 0.3 is 6.18 Å². The Labute approximate surface area is 151 Å². The molecule has 0 spiro atoms. The zero-order chi connectivity index (χ0) is 19.3. The lowest BCUT2D eigenvalue weighted by Gasteiger charge is -2.12. The standard InChI is InChI=1S/C21H21F3O2/c1-14(2)4-11-18-19(25)12-16(13-20(18)26-3)6-5-15-7-9-17(10-8-15)21(22,23)24/h5-10,12-13,25H,1,4,11H2,2-3H3/b6-5+. The molecule has 2 rings (SSSR count). The maximum Gasteiger partial charge on any atom is 0.416 e. The van der Waals surface area contributed by atoms with Crippen LogP contribution in [0, 0.1) is 0 Å². The van der Waals surface area contributed by atoms with Gasteiger partial charge in [-0.15, -0.1) is 6.58 Å². The molecule has 0 aliphatic rings. The lowest BCUT2D eigenvalue weighted by molar-refractivity contribution is -0.137. The molecule has 0 unspecified atom stereocenters. The Bertz CT molecular complexity index is 803. The zero-order valence-corrected chi connectivity index (χ0v) is 14.7. The van der Waals surface area contributed by atoms with Crippen LogP contribution in [-0.4, -0.2) is 12.2 Å². The Morgan fingerprint density at radius 2 is 1.73 bits per heavy atom. The van der Waals surface area contributed by atoms with E-state index in [0.29, 0.717) is 28.9 Å². The Morgan fingerprint density at radius 1 is 1.12 bits per heavy atom. The molecule has 0 radical (unpaired) electrons. The monoisotopic (exact) mass is 362 g/mol. The van der Waals surface area contributed by atoms with Gasteiger partial charge in [0.25, 0.3) is 0 Å². The Balaban J connectivity index is 2.22. The van der Waals surface area contributed by atoms with Crippen LogP contribution in [0.15, 0.2) is 48.6 Å². The average Bonchev–Trinajstić information content (AvgIpc) is 2.58. The number of hydrogen-bond acceptors (Lipinski definition) is 2. The number of benzene rings is 2. The number of hydrogen-bond donors (Lipinski definition) is 1. The molecule has 0 fully saturated rings. The van der Waals surface area contributed by atoms with Crippen molar-refractivity contribution in [3.05, 3.63) is 70.8 Å². The van der Waals surface area contributed by atoms with Crippen LogP contribution in [0.1, 0.15) is 35.6 Å². The zero-order valence-electron chi connectivity index (χ0n) is 14.7. The largest absolute Gasteiger partial charge is 0.508 e. The summed E-state index contributed by atoms with van der Waals surface area (Å²) >= 11 is 0. The van der Waals surface area contributed by atoms with E-state index in [2.05, 4.69) is 6.58 Å². The van der Waals surface area contributed by atoms with Crippen LogP contribution in [-0.2, 0) is 12.6 Å². The molecule has 2 nitrogen and oxygen atoms in total. The van der Waals surface area contributed by atoms with Crippen LogP contribution in [0.25, 0.3) is 12.2 Å². The molecule has 2 aromatic rings. The highest BCUT2D eigenvalue weighted by Crippen LogP contribution is 2.33. The molecule has 0 aliphatic heterocycles. The fraction of sp³-hybridized carbons (Fsp3) is 0.238. The molecule has 0 amide bonds. The van der Waals surface area contributed by atoms with Crippen molar-refractivity contribution < 1.29 is 23.0 Å². The fourth-order valence-electron chi connectivity index (χ4n) is 2.50. The molecule has 0 saturated heterocycles. The third kappa shape index (κ3) is 5.15. The predicted octanol–water partition coefficient (Wildman–Crippen LogP) is 6.10. The maximum absolute atomic E-state index is 12.6. The van der Waals surface area contributed by atoms with Crippen molar-refractivity contribution in [1.29, 1.82) is 0 Å². The number of alkyl halides is 3. The van der Waals surface area contributed by atoms with Crippen LogP contribution in [0.5, 0.6) is 11.5 Å². The van der Waals surface area contributed by atoms with Crippen molar-refractivity contribution in [2.24, 2.45) is 0 Å². The van der Waals surface area contributed by atoms with Crippen LogP contribution < -0.4 is 4.74 Å². The van der Waals surface area contributed by atoms with Gasteiger partial charge < -0.3 is 9.84 Å². The van der Waals surface area contributed by atoms with Crippen molar-refractivity contribution >= 4 is 12.2 Å². The van der Waals surface area contributed by atoms with E-state index < -0.39 is 11.7 Å². The van der Waals surface area contributed by atoms with Gasteiger partial charge in [0, 0.05) is 5.56 Å². The minimum atomic E-state index is -4.35. The number of methoxy groups -OCH3 is 1. The molecular weight excluding hydrogens is 341 g/mol. The fourth-order valence-corrected chi connectivity index (χ4v) is 2.50. The van der Waals surface area contributed by atoms with Gasteiger partial charge in [-0.3, -0.25) is 0 Å². The number of ether oxygens (including phenoxy) is 1. The maximum atomic E-state index is 12.6. The van der Waals surface area contributed by atoms with Gasteiger partial charge in [0.2, 0.25) is 0 Å². The quantitative estimate of drug-likeness (QED) is 0.497. The second kappa shape index (κ2) is 8.13. The van der Waals surface area contributed by atoms with Crippen LogP contribution >= 0.6 is 0 Å². The summed E-state index contributed by atoms with van der Waals surface area (Å²) < 4.78 is 43.1. The van der Waals surface area contributed by atoms with Crippen molar-refractivity contribution in [2.75, 3.05) is 7.11 Å². The molecule has 138 valence electrons. The van der Waals surface area contributed by atoms with Gasteiger partial charge in [0.05, 0.1) is 12.7 Å². The number of allylic oxidation sites excluding steroid dienone is 1. The van der Waals surface area contributed by atoms with Crippen molar-refractivity contribution in [3.63, 3.8) is 0 Å². The number of rotatable bonds is 6. The lowest BCUT2D eigenvalue weighted by Crippen LogP contribution is -2.03. The first kappa shape index (κ1) is 19.6. The molecule has 0 aliphatic carbocycles. The van der Waals surface area contributed by atoms with E-state index in [-0.39, 0.29) is 5.75 Å². The normalized spacial score (nSPS) is 11.7. The van der Waals surface area contributed by atoms with E-state index in [4.69, 9.17) is 4.74 Å². The Morgan fingerprint density at radius 3 is 2.27 bits per heavy atom. The van der Waals surface area contributed by atoms with Crippen LogP contribution in [0.4, 0.5) is 13.2 Å². The van der Waals surface area contributed by atoms with Crippen LogP contribution in [0.3, 0.4) is 0 Å². The summed E-state index contributed by atoms with van der Waals surface area (Å²) in [6.07, 6.45) is 0.411. The van der Waals surface area contributed by atoms with E-state index in [9.17, 15) is 18.3 Å². The second-order valence-corrected chi connectivity index (χ2v) is 6.13. The van der Waals surface area contributed by atoms with E-state index in [0.717, 1.165) is 24.1 Å². The van der Waals surface area contributed by atoms with Gasteiger partial charge in [0.15, 0.2) is 0 Å². The predicted molar refractivity (Wildman–Crippen MR) is 98.2 cm³/mol. The van der Waals surface area contributed by atoms with E-state index in [1.165, 1.54) is 19.2 Å². The SMILES string of the molecule is C=C(C)CCc1c(O)cc(/C=C/c2ccc(C(F)(F)F)cc2)cc1OC. The summed E-state index contributed by atoms with van der Waals surface area (Å²) in [5, 5.41) is 10.3. The average molecular weight is 362 g/mol. The summed E-state index contributed by atoms with van der Waals surface area (Å²) in [6, 6.07) is 8.27. The molecule has 0 bridgehead atoms. The number of aromatic hydroxyl groups is 1. The van der Waals surface area contributed by atoms with Crippen molar-refractivity contribution in [1.82, 2.24) is 0 Å². The summed E-state index contributed by atoms with van der Waals surface area (Å²) in [4.78, 5) is 0. The van der Waals surface area contributed by atoms with E-state index >= 15 is 0 Å². The highest BCUT2D eigenvalue weighted by molar-refractivity contribution is 5.72. The summed E-state index contributed by atoms with van der Waals surface area (Å²) in [7, 11) is 1.53. The summed E-state index contributed by atoms with van der Waals surface area (Å²) in [5.74, 6) is 0.691. The van der Waals surface area contributed by atoms with E-state index in [1.807, 2.05) is 6.92 Å². The molecule has 26 heavy (non-hydrogen) atoms. The molecule has 0 atom stereocenters. The molecular formula is C21H21F3O2. The van der Waals surface area contributed by atoms with Crippen LogP contribution in [0.2, 0.25) is 0 Å². The van der Waals surface area contributed by atoms with Gasteiger partial charge in [0.1, 0.15) is 11.5 Å². The first-order valence-electron chi connectivity index (χ1n) is 8.10. The Kier molecular flexibility index (Phi) is 6.14. The van der Waals surface area contributed by atoms with Gasteiger partial charge in [-0.25, -0.2) is 0 Å². The molecule has 0 saturated carbocycles. The van der Waals surface area contributed by atoms with Gasteiger partial charge in [-0.1, -0.05) is 29.9 Å². The number of halogens is 3. The molecule has 0 aromatic heterocycles.